The molecule has 1 saturated carbocycles. The molecule has 3 atom stereocenters. The summed E-state index contributed by atoms with van der Waals surface area (Å²) in [7, 11) is 1.16. The van der Waals surface area contributed by atoms with Crippen LogP contribution in [0.15, 0.2) is 60.7 Å². The molecule has 0 spiro atoms. The molecule has 2 aliphatic rings. The molecule has 0 amide bonds. The van der Waals surface area contributed by atoms with Crippen LogP contribution < -0.4 is 0 Å². The monoisotopic (exact) mass is 472 g/mol. The van der Waals surface area contributed by atoms with E-state index < -0.39 is 11.0 Å². The van der Waals surface area contributed by atoms with Crippen molar-refractivity contribution in [3.63, 3.8) is 0 Å². The molecule has 0 N–H and O–H groups in total. The summed E-state index contributed by atoms with van der Waals surface area (Å²) in [5, 5.41) is 0. The van der Waals surface area contributed by atoms with Crippen LogP contribution in [-0.2, 0) is 17.4 Å². The van der Waals surface area contributed by atoms with E-state index in [1.807, 2.05) is 59.9 Å². The number of likely N-dealkylation sites (tertiary alicyclic amines) is 1. The number of aryl methyl sites for hydroxylation is 1. The number of rotatable bonds is 8. The fourth-order valence-corrected chi connectivity index (χ4v) is 5.82. The molecule has 5 heteroatoms. The number of hydrogen-bond donors (Lipinski definition) is 0. The van der Waals surface area contributed by atoms with Crippen LogP contribution in [0.2, 0.25) is 0 Å². The van der Waals surface area contributed by atoms with Crippen molar-refractivity contribution < 1.29 is 8.60 Å². The molecule has 2 aromatic carbocycles. The molecule has 1 saturated heterocycles. The van der Waals surface area contributed by atoms with Gasteiger partial charge >= 0.3 is 0 Å². The van der Waals surface area contributed by atoms with Crippen LogP contribution >= 0.6 is 0 Å². The molecule has 2 fully saturated rings. The van der Waals surface area contributed by atoms with E-state index >= 15 is 0 Å². The molecule has 0 aromatic heterocycles. The first-order chi connectivity index (χ1) is 16.0. The summed E-state index contributed by atoms with van der Waals surface area (Å²) in [6.07, 6.45) is 11.7. The Morgan fingerprint density at radius 3 is 2.12 bits per heavy atom. The topological polar surface area (TPSA) is 23.6 Å². The largest absolute Gasteiger partial charge is 0.303 e. The third-order valence-electron chi connectivity index (χ3n) is 7.31. The Labute approximate surface area is 203 Å². The van der Waals surface area contributed by atoms with Crippen LogP contribution in [0, 0.1) is 17.7 Å². The zero-order valence-corrected chi connectivity index (χ0v) is 21.2. The zero-order valence-electron chi connectivity index (χ0n) is 20.4. The highest BCUT2D eigenvalue weighted by Crippen LogP contribution is 2.31. The van der Waals surface area contributed by atoms with E-state index in [0.717, 1.165) is 18.3 Å². The lowest BCUT2D eigenvalue weighted by Crippen LogP contribution is -2.37. The minimum Gasteiger partial charge on any atom is -0.303 e. The maximum Gasteiger partial charge on any atom is 0.123 e. The third-order valence-corrected chi connectivity index (χ3v) is 8.42. The first kappa shape index (κ1) is 26.1. The first-order valence-electron chi connectivity index (χ1n) is 12.5. The van der Waals surface area contributed by atoms with Gasteiger partial charge in [-0.2, -0.15) is 0 Å². The molecule has 1 heterocycles. The van der Waals surface area contributed by atoms with Crippen molar-refractivity contribution >= 4 is 11.0 Å². The predicted octanol–water partition coefficient (Wildman–Crippen LogP) is 5.94. The second-order valence-corrected chi connectivity index (χ2v) is 11.1. The summed E-state index contributed by atoms with van der Waals surface area (Å²) >= 11 is 0. The van der Waals surface area contributed by atoms with Gasteiger partial charge in [-0.3, -0.25) is 0 Å². The van der Waals surface area contributed by atoms with E-state index in [0.29, 0.717) is 6.04 Å². The lowest BCUT2D eigenvalue weighted by atomic mass is 9.90. The van der Waals surface area contributed by atoms with Gasteiger partial charge in [0.1, 0.15) is 5.82 Å². The van der Waals surface area contributed by atoms with Gasteiger partial charge in [0.15, 0.2) is 0 Å². The van der Waals surface area contributed by atoms with Gasteiger partial charge in [-0.25, -0.2) is 12.9 Å². The SMILES string of the molecule is CN(C1CCC(CN2CCC(CCCc3ccc(F)cc3)CC2)C1)S(C)=O.c1ccccc1. The molecular weight excluding hydrogens is 431 g/mol. The van der Waals surface area contributed by atoms with Crippen molar-refractivity contribution in [1.29, 1.82) is 0 Å². The number of halogens is 1. The normalized spacial score (nSPS) is 22.7. The summed E-state index contributed by atoms with van der Waals surface area (Å²) in [6.45, 7) is 3.69. The van der Waals surface area contributed by atoms with Gasteiger partial charge in [0.2, 0.25) is 0 Å². The second-order valence-electron chi connectivity index (χ2n) is 9.72. The quantitative estimate of drug-likeness (QED) is 0.475. The van der Waals surface area contributed by atoms with Gasteiger partial charge in [0, 0.05) is 25.9 Å². The van der Waals surface area contributed by atoms with Crippen LogP contribution in [0.1, 0.15) is 50.5 Å². The highest BCUT2D eigenvalue weighted by molar-refractivity contribution is 7.81. The minimum absolute atomic E-state index is 0.144. The van der Waals surface area contributed by atoms with Gasteiger partial charge in [0.25, 0.3) is 0 Å². The molecule has 2 aromatic rings. The number of piperidine rings is 1. The average Bonchev–Trinajstić information content (AvgIpc) is 3.31. The molecule has 3 nitrogen and oxygen atoms in total. The molecular formula is C28H41FN2OS. The van der Waals surface area contributed by atoms with E-state index in [1.54, 1.807) is 18.4 Å². The van der Waals surface area contributed by atoms with Gasteiger partial charge in [-0.1, -0.05) is 55.0 Å². The average molecular weight is 473 g/mol. The predicted molar refractivity (Wildman–Crippen MR) is 138 cm³/mol. The van der Waals surface area contributed by atoms with E-state index in [1.165, 1.54) is 70.1 Å². The summed E-state index contributed by atoms with van der Waals surface area (Å²) in [6, 6.07) is 19.5. The van der Waals surface area contributed by atoms with Crippen molar-refractivity contribution in [2.24, 2.45) is 11.8 Å². The Kier molecular flexibility index (Phi) is 11.0. The molecule has 33 heavy (non-hydrogen) atoms. The van der Waals surface area contributed by atoms with Gasteiger partial charge in [-0.15, -0.1) is 0 Å². The van der Waals surface area contributed by atoms with Crippen molar-refractivity contribution in [1.82, 2.24) is 9.21 Å². The molecule has 182 valence electrons. The molecule has 3 unspecified atom stereocenters. The maximum absolute atomic E-state index is 13.0. The Morgan fingerprint density at radius 2 is 1.55 bits per heavy atom. The minimum atomic E-state index is -0.844. The number of hydrogen-bond acceptors (Lipinski definition) is 2. The molecule has 4 rings (SSSR count). The van der Waals surface area contributed by atoms with E-state index in [-0.39, 0.29) is 5.82 Å². The summed E-state index contributed by atoms with van der Waals surface area (Å²) in [5.41, 5.74) is 1.25. The summed E-state index contributed by atoms with van der Waals surface area (Å²) in [5.74, 6) is 1.48. The van der Waals surface area contributed by atoms with E-state index in [9.17, 15) is 8.60 Å². The Bertz CT molecular complexity index is 782. The number of benzene rings is 2. The van der Waals surface area contributed by atoms with Crippen molar-refractivity contribution in [2.45, 2.75) is 57.4 Å². The summed E-state index contributed by atoms with van der Waals surface area (Å²) < 4.78 is 26.7. The lowest BCUT2D eigenvalue weighted by Gasteiger charge is -2.33. The van der Waals surface area contributed by atoms with Crippen LogP contribution in [0.25, 0.3) is 0 Å². The van der Waals surface area contributed by atoms with Gasteiger partial charge < -0.3 is 4.90 Å². The fraction of sp³-hybridized carbons (Fsp3) is 0.571. The third kappa shape index (κ3) is 9.30. The van der Waals surface area contributed by atoms with Gasteiger partial charge in [-0.05, 0) is 87.6 Å². The van der Waals surface area contributed by atoms with Crippen molar-refractivity contribution in [3.05, 3.63) is 72.0 Å². The highest BCUT2D eigenvalue weighted by Gasteiger charge is 2.31. The summed E-state index contributed by atoms with van der Waals surface area (Å²) in [4.78, 5) is 2.66. The second kappa shape index (κ2) is 14.0. The lowest BCUT2D eigenvalue weighted by molar-refractivity contribution is 0.154. The first-order valence-corrected chi connectivity index (χ1v) is 14.1. The van der Waals surface area contributed by atoms with Crippen molar-refractivity contribution in [3.8, 4) is 0 Å². The van der Waals surface area contributed by atoms with Crippen LogP contribution in [0.3, 0.4) is 0 Å². The Morgan fingerprint density at radius 1 is 0.939 bits per heavy atom. The Hall–Kier alpha value is -1.56. The van der Waals surface area contributed by atoms with E-state index in [2.05, 4.69) is 4.90 Å². The van der Waals surface area contributed by atoms with Gasteiger partial charge in [0.05, 0.1) is 11.0 Å². The van der Waals surface area contributed by atoms with E-state index in [4.69, 9.17) is 0 Å². The molecule has 1 aliphatic carbocycles. The molecule has 0 bridgehead atoms. The fourth-order valence-electron chi connectivity index (χ4n) is 5.21. The molecule has 0 radical (unpaired) electrons. The Balaban J connectivity index is 0.000000442. The standard InChI is InChI=1S/C22H35FN2OS.C6H6/c1-24(27(2)26)22-11-8-20(16-22)17-25-14-12-19(13-15-25)5-3-4-18-6-9-21(23)10-7-18;1-2-4-6-5-3-1/h6-7,9-10,19-20,22H,3-5,8,11-17H2,1-2H3;1-6H. The van der Waals surface area contributed by atoms with Crippen LogP contribution in [-0.4, -0.2) is 52.4 Å². The number of nitrogens with zero attached hydrogens (tertiary/aromatic N) is 2. The van der Waals surface area contributed by atoms with Crippen molar-refractivity contribution in [2.75, 3.05) is 32.9 Å². The molecule has 1 aliphatic heterocycles. The maximum atomic E-state index is 13.0. The van der Waals surface area contributed by atoms with Crippen LogP contribution in [0.5, 0.6) is 0 Å². The van der Waals surface area contributed by atoms with Crippen LogP contribution in [0.4, 0.5) is 4.39 Å². The highest BCUT2D eigenvalue weighted by atomic mass is 32.2. The smallest absolute Gasteiger partial charge is 0.123 e. The zero-order chi connectivity index (χ0) is 23.5.